The van der Waals surface area contributed by atoms with Crippen molar-refractivity contribution in [2.75, 3.05) is 0 Å². The van der Waals surface area contributed by atoms with E-state index in [1.807, 2.05) is 0 Å². The van der Waals surface area contributed by atoms with E-state index in [-0.39, 0.29) is 29.7 Å². The molecule has 0 aromatic carbocycles. The van der Waals surface area contributed by atoms with Gasteiger partial charge in [-0.2, -0.15) is 0 Å². The van der Waals surface area contributed by atoms with Crippen LogP contribution in [0.4, 0.5) is 0 Å². The smallest absolute Gasteiger partial charge is 0.233 e. The summed E-state index contributed by atoms with van der Waals surface area (Å²) in [7, 11) is 0. The Balaban J connectivity index is 1.44. The largest absolute Gasteiger partial charge is 0.353 e. The SMILES string of the molecule is C[C@@H](NC(=O)C1(C2CCCCC2)CC2(C3CCCCC3)CC(C3CCCCC3)(C1)C(=O)NC2=O)C1CCCCC1. The van der Waals surface area contributed by atoms with Crippen LogP contribution in [0.2, 0.25) is 0 Å². The van der Waals surface area contributed by atoms with E-state index >= 15 is 4.79 Å². The lowest BCUT2D eigenvalue weighted by Gasteiger charge is -2.63. The van der Waals surface area contributed by atoms with E-state index in [9.17, 15) is 9.59 Å². The van der Waals surface area contributed by atoms with Gasteiger partial charge < -0.3 is 5.32 Å². The normalized spacial score (nSPS) is 38.0. The number of piperidine rings is 1. The zero-order chi connectivity index (χ0) is 27.8. The van der Waals surface area contributed by atoms with E-state index in [1.54, 1.807) is 0 Å². The summed E-state index contributed by atoms with van der Waals surface area (Å²) in [5.74, 6) is 1.58. The van der Waals surface area contributed by atoms with Crippen LogP contribution in [0.25, 0.3) is 0 Å². The zero-order valence-corrected chi connectivity index (χ0v) is 25.4. The van der Waals surface area contributed by atoms with Crippen molar-refractivity contribution in [3.05, 3.63) is 0 Å². The first-order chi connectivity index (χ1) is 19.4. The van der Waals surface area contributed by atoms with Gasteiger partial charge in [0, 0.05) is 6.04 Å². The van der Waals surface area contributed by atoms with Crippen LogP contribution >= 0.6 is 0 Å². The van der Waals surface area contributed by atoms with Crippen LogP contribution in [0.15, 0.2) is 0 Å². The quantitative estimate of drug-likeness (QED) is 0.333. The molecule has 5 aliphatic carbocycles. The molecule has 3 amide bonds. The van der Waals surface area contributed by atoms with Crippen molar-refractivity contribution in [2.24, 2.45) is 39.9 Å². The van der Waals surface area contributed by atoms with Gasteiger partial charge in [-0.1, -0.05) is 77.0 Å². The Morgan fingerprint density at radius 1 is 0.625 bits per heavy atom. The van der Waals surface area contributed by atoms with Gasteiger partial charge in [0.2, 0.25) is 17.7 Å². The Hall–Kier alpha value is -1.39. The van der Waals surface area contributed by atoms with E-state index in [0.29, 0.717) is 37.0 Å². The van der Waals surface area contributed by atoms with Crippen LogP contribution in [0.3, 0.4) is 0 Å². The first-order valence-electron chi connectivity index (χ1n) is 17.6. The van der Waals surface area contributed by atoms with E-state index in [1.165, 1.54) is 89.9 Å². The fourth-order valence-corrected chi connectivity index (χ4v) is 11.2. The molecule has 0 radical (unpaired) electrons. The van der Waals surface area contributed by atoms with Crippen LogP contribution < -0.4 is 10.6 Å². The molecule has 224 valence electrons. The molecule has 6 fully saturated rings. The Bertz CT molecular complexity index is 894. The molecular weight excluding hydrogens is 496 g/mol. The third-order valence-electron chi connectivity index (χ3n) is 13.4. The second-order valence-electron chi connectivity index (χ2n) is 15.4. The number of carbonyl (C=O) groups is 3. The molecule has 1 heterocycles. The Kier molecular flexibility index (Phi) is 8.41. The van der Waals surface area contributed by atoms with Gasteiger partial charge in [-0.15, -0.1) is 0 Å². The molecule has 3 atom stereocenters. The van der Waals surface area contributed by atoms with Crippen LogP contribution in [0.1, 0.15) is 155 Å². The molecule has 6 aliphatic rings. The Labute approximate surface area is 243 Å². The average molecular weight is 553 g/mol. The van der Waals surface area contributed by atoms with Gasteiger partial charge in [0.15, 0.2) is 0 Å². The topological polar surface area (TPSA) is 75.3 Å². The summed E-state index contributed by atoms with van der Waals surface area (Å²) in [6.07, 6.45) is 25.5. The van der Waals surface area contributed by atoms with E-state index < -0.39 is 16.2 Å². The molecule has 6 rings (SSSR count). The molecular formula is C35H56N2O3. The average Bonchev–Trinajstić information content (AvgIpc) is 3.01. The monoisotopic (exact) mass is 552 g/mol. The summed E-state index contributed by atoms with van der Waals surface area (Å²) in [5.41, 5.74) is -1.76. The Morgan fingerprint density at radius 3 is 1.48 bits per heavy atom. The molecule has 0 aromatic heterocycles. The van der Waals surface area contributed by atoms with Gasteiger partial charge >= 0.3 is 0 Å². The minimum atomic E-state index is -0.607. The fourth-order valence-electron chi connectivity index (χ4n) is 11.2. The fraction of sp³-hybridized carbons (Fsp3) is 0.914. The number of imide groups is 1. The van der Waals surface area contributed by atoms with Crippen LogP contribution in [-0.2, 0) is 14.4 Å². The summed E-state index contributed by atoms with van der Waals surface area (Å²) in [5, 5.41) is 6.65. The molecule has 1 saturated heterocycles. The van der Waals surface area contributed by atoms with E-state index in [0.717, 1.165) is 38.5 Å². The Morgan fingerprint density at radius 2 is 1.02 bits per heavy atom. The van der Waals surface area contributed by atoms with Gasteiger partial charge in [0.05, 0.1) is 16.2 Å². The first kappa shape index (κ1) is 28.7. The highest BCUT2D eigenvalue weighted by atomic mass is 16.2. The zero-order valence-electron chi connectivity index (χ0n) is 25.4. The summed E-state index contributed by atoms with van der Waals surface area (Å²) in [6.45, 7) is 2.23. The van der Waals surface area contributed by atoms with Gasteiger partial charge in [-0.05, 0) is 101 Å². The number of hydrogen-bond acceptors (Lipinski definition) is 3. The number of nitrogens with one attached hydrogen (secondary N) is 2. The maximum absolute atomic E-state index is 15.0. The number of amides is 3. The molecule has 0 aromatic rings. The van der Waals surface area contributed by atoms with Crippen molar-refractivity contribution >= 4 is 17.7 Å². The van der Waals surface area contributed by atoms with Crippen molar-refractivity contribution in [3.8, 4) is 0 Å². The van der Waals surface area contributed by atoms with Crippen LogP contribution in [-0.4, -0.2) is 23.8 Å². The highest BCUT2D eigenvalue weighted by Gasteiger charge is 2.70. The van der Waals surface area contributed by atoms with Gasteiger partial charge in [0.1, 0.15) is 0 Å². The van der Waals surface area contributed by atoms with Crippen molar-refractivity contribution in [3.63, 3.8) is 0 Å². The number of fused-ring (bicyclic) bond motifs is 2. The van der Waals surface area contributed by atoms with Crippen molar-refractivity contribution in [1.29, 1.82) is 0 Å². The third kappa shape index (κ3) is 4.97. The third-order valence-corrected chi connectivity index (χ3v) is 13.4. The van der Waals surface area contributed by atoms with E-state index in [2.05, 4.69) is 17.6 Å². The molecule has 2 N–H and O–H groups in total. The van der Waals surface area contributed by atoms with Gasteiger partial charge in [0.25, 0.3) is 0 Å². The van der Waals surface area contributed by atoms with E-state index in [4.69, 9.17) is 0 Å². The van der Waals surface area contributed by atoms with Crippen molar-refractivity contribution < 1.29 is 14.4 Å². The highest BCUT2D eigenvalue weighted by molar-refractivity contribution is 6.05. The van der Waals surface area contributed by atoms with Crippen LogP contribution in [0, 0.1) is 39.9 Å². The minimum Gasteiger partial charge on any atom is -0.353 e. The predicted octanol–water partition coefficient (Wildman–Crippen LogP) is 7.61. The van der Waals surface area contributed by atoms with Gasteiger partial charge in [-0.25, -0.2) is 0 Å². The second-order valence-corrected chi connectivity index (χ2v) is 15.4. The van der Waals surface area contributed by atoms with Crippen molar-refractivity contribution in [2.45, 2.75) is 161 Å². The molecule has 5 heteroatoms. The summed E-state index contributed by atoms with van der Waals surface area (Å²) >= 11 is 0. The lowest BCUT2D eigenvalue weighted by atomic mass is 9.40. The maximum Gasteiger partial charge on any atom is 0.233 e. The lowest BCUT2D eigenvalue weighted by Crippen LogP contribution is -2.70. The lowest BCUT2D eigenvalue weighted by molar-refractivity contribution is -0.189. The molecule has 2 bridgehead atoms. The minimum absolute atomic E-state index is 0.0242. The number of rotatable bonds is 6. The number of carbonyl (C=O) groups excluding carboxylic acids is 3. The standard InChI is InChI=1S/C35H56N2O3/c1-25(26-14-6-2-7-15-26)36-30(38)33(27-16-8-3-9-17-27)22-34(28-18-10-4-11-19-28)24-35(23-33,32(40)37-31(34)39)29-20-12-5-13-21-29/h25-29H,2-24H2,1H3,(H,36,38)(H,37,39,40)/t25-,33?,34?,35?/m1/s1. The summed E-state index contributed by atoms with van der Waals surface area (Å²) in [4.78, 5) is 43.5. The first-order valence-corrected chi connectivity index (χ1v) is 17.6. The molecule has 2 unspecified atom stereocenters. The van der Waals surface area contributed by atoms with Crippen molar-refractivity contribution in [1.82, 2.24) is 10.6 Å². The molecule has 40 heavy (non-hydrogen) atoms. The highest BCUT2D eigenvalue weighted by Crippen LogP contribution is 2.68. The molecule has 5 nitrogen and oxygen atoms in total. The summed E-state index contributed by atoms with van der Waals surface area (Å²) in [6, 6.07) is 0.163. The summed E-state index contributed by atoms with van der Waals surface area (Å²) < 4.78 is 0. The molecule has 1 aliphatic heterocycles. The predicted molar refractivity (Wildman–Crippen MR) is 158 cm³/mol. The molecule has 0 spiro atoms. The van der Waals surface area contributed by atoms with Gasteiger partial charge in [-0.3, -0.25) is 19.7 Å². The van der Waals surface area contributed by atoms with Crippen LogP contribution in [0.5, 0.6) is 0 Å². The second kappa shape index (κ2) is 11.7. The number of hydrogen-bond donors (Lipinski definition) is 2. The molecule has 5 saturated carbocycles. The maximum atomic E-state index is 15.0.